The standard InChI is InChI=1S/C18H26N2O/c1-3-14-6-5-7-15(4-2)17(14)19-18(21)16-12-13-8-10-20(16)11-9-13/h5-7,13,16H,3-4,8-12H2,1-2H3,(H,19,21). The van der Waals surface area contributed by atoms with Gasteiger partial charge in [0.1, 0.15) is 0 Å². The second-order valence-electron chi connectivity index (χ2n) is 6.38. The average Bonchev–Trinajstić information content (AvgIpc) is 2.56. The Labute approximate surface area is 127 Å². The topological polar surface area (TPSA) is 32.3 Å². The van der Waals surface area contributed by atoms with E-state index >= 15 is 0 Å². The SMILES string of the molecule is CCc1cccc(CC)c1NC(=O)C1CC2CCN1CC2. The Morgan fingerprint density at radius 1 is 1.19 bits per heavy atom. The highest BCUT2D eigenvalue weighted by Gasteiger charge is 2.37. The van der Waals surface area contributed by atoms with Gasteiger partial charge in [0.25, 0.3) is 0 Å². The van der Waals surface area contributed by atoms with Crippen molar-refractivity contribution in [2.24, 2.45) is 5.92 Å². The molecule has 3 heteroatoms. The van der Waals surface area contributed by atoms with Crippen LogP contribution in [0.1, 0.15) is 44.2 Å². The Hall–Kier alpha value is -1.35. The van der Waals surface area contributed by atoms with Crippen LogP contribution in [0.2, 0.25) is 0 Å². The lowest BCUT2D eigenvalue weighted by atomic mass is 9.83. The van der Waals surface area contributed by atoms with Crippen LogP contribution in [0.15, 0.2) is 18.2 Å². The summed E-state index contributed by atoms with van der Waals surface area (Å²) in [5.41, 5.74) is 3.56. The highest BCUT2D eigenvalue weighted by atomic mass is 16.2. The third kappa shape index (κ3) is 2.84. The van der Waals surface area contributed by atoms with Gasteiger partial charge in [-0.2, -0.15) is 0 Å². The Balaban J connectivity index is 1.78. The van der Waals surface area contributed by atoms with E-state index in [-0.39, 0.29) is 11.9 Å². The molecule has 0 spiro atoms. The summed E-state index contributed by atoms with van der Waals surface area (Å²) in [6, 6.07) is 6.44. The molecule has 1 N–H and O–H groups in total. The molecular formula is C18H26N2O. The Bertz CT molecular complexity index is 496. The molecule has 1 atom stereocenters. The third-order valence-corrected chi connectivity index (χ3v) is 5.20. The van der Waals surface area contributed by atoms with Gasteiger partial charge in [-0.05, 0) is 62.2 Å². The normalized spacial score (nSPS) is 27.6. The fourth-order valence-electron chi connectivity index (χ4n) is 3.85. The molecule has 1 aromatic rings. The molecule has 1 amide bonds. The third-order valence-electron chi connectivity index (χ3n) is 5.20. The monoisotopic (exact) mass is 286 g/mol. The van der Waals surface area contributed by atoms with Crippen molar-refractivity contribution in [1.82, 2.24) is 4.90 Å². The van der Waals surface area contributed by atoms with E-state index in [1.54, 1.807) is 0 Å². The maximum atomic E-state index is 12.7. The minimum Gasteiger partial charge on any atom is -0.324 e. The van der Waals surface area contributed by atoms with Gasteiger partial charge in [-0.1, -0.05) is 32.0 Å². The van der Waals surface area contributed by atoms with Crippen LogP contribution in [-0.4, -0.2) is 29.9 Å². The molecule has 3 nitrogen and oxygen atoms in total. The smallest absolute Gasteiger partial charge is 0.241 e. The van der Waals surface area contributed by atoms with Gasteiger partial charge in [-0.3, -0.25) is 9.69 Å². The summed E-state index contributed by atoms with van der Waals surface area (Å²) in [6.07, 6.45) is 5.51. The number of aryl methyl sites for hydroxylation is 2. The number of hydrogen-bond acceptors (Lipinski definition) is 2. The zero-order valence-electron chi connectivity index (χ0n) is 13.2. The summed E-state index contributed by atoms with van der Waals surface area (Å²) in [5, 5.41) is 3.25. The number of benzene rings is 1. The molecule has 1 unspecified atom stereocenters. The van der Waals surface area contributed by atoms with Crippen LogP contribution in [0.5, 0.6) is 0 Å². The summed E-state index contributed by atoms with van der Waals surface area (Å²) in [4.78, 5) is 15.1. The number of piperidine rings is 3. The largest absolute Gasteiger partial charge is 0.324 e. The quantitative estimate of drug-likeness (QED) is 0.921. The fraction of sp³-hybridized carbons (Fsp3) is 0.611. The first kappa shape index (κ1) is 14.6. The summed E-state index contributed by atoms with van der Waals surface area (Å²) in [7, 11) is 0. The van der Waals surface area contributed by atoms with Crippen molar-refractivity contribution in [2.75, 3.05) is 18.4 Å². The van der Waals surface area contributed by atoms with Crippen molar-refractivity contribution in [3.05, 3.63) is 29.3 Å². The van der Waals surface area contributed by atoms with Crippen molar-refractivity contribution in [1.29, 1.82) is 0 Å². The van der Waals surface area contributed by atoms with Crippen LogP contribution in [0.3, 0.4) is 0 Å². The molecule has 3 saturated heterocycles. The van der Waals surface area contributed by atoms with E-state index in [4.69, 9.17) is 0 Å². The number of carbonyl (C=O) groups is 1. The molecule has 0 aliphatic carbocycles. The van der Waals surface area contributed by atoms with Gasteiger partial charge in [0.15, 0.2) is 0 Å². The number of anilines is 1. The van der Waals surface area contributed by atoms with Crippen molar-refractivity contribution < 1.29 is 4.79 Å². The van der Waals surface area contributed by atoms with Gasteiger partial charge in [-0.25, -0.2) is 0 Å². The molecule has 0 aromatic heterocycles. The van der Waals surface area contributed by atoms with Gasteiger partial charge < -0.3 is 5.32 Å². The Morgan fingerprint density at radius 3 is 2.29 bits per heavy atom. The minimum atomic E-state index is 0.0899. The second-order valence-corrected chi connectivity index (χ2v) is 6.38. The van der Waals surface area contributed by atoms with Gasteiger partial charge in [0, 0.05) is 5.69 Å². The van der Waals surface area contributed by atoms with Crippen LogP contribution in [0, 0.1) is 5.92 Å². The number of hydrogen-bond donors (Lipinski definition) is 1. The molecule has 3 fully saturated rings. The molecule has 3 aliphatic rings. The van der Waals surface area contributed by atoms with Gasteiger partial charge >= 0.3 is 0 Å². The molecule has 0 saturated carbocycles. The van der Waals surface area contributed by atoms with Gasteiger partial charge in [-0.15, -0.1) is 0 Å². The summed E-state index contributed by atoms with van der Waals surface area (Å²) in [6.45, 7) is 6.49. The maximum absolute atomic E-state index is 12.7. The number of rotatable bonds is 4. The molecule has 2 bridgehead atoms. The first-order valence-corrected chi connectivity index (χ1v) is 8.38. The number of para-hydroxylation sites is 1. The molecule has 114 valence electrons. The van der Waals surface area contributed by atoms with E-state index in [1.807, 2.05) is 0 Å². The van der Waals surface area contributed by atoms with Crippen LogP contribution in [0.25, 0.3) is 0 Å². The van der Waals surface area contributed by atoms with Crippen molar-refractivity contribution >= 4 is 11.6 Å². The first-order chi connectivity index (χ1) is 10.2. The highest BCUT2D eigenvalue weighted by molar-refractivity contribution is 5.96. The lowest BCUT2D eigenvalue weighted by Crippen LogP contribution is -2.53. The van der Waals surface area contributed by atoms with Crippen LogP contribution in [-0.2, 0) is 17.6 Å². The maximum Gasteiger partial charge on any atom is 0.241 e. The molecule has 3 aliphatic heterocycles. The van der Waals surface area contributed by atoms with Crippen LogP contribution < -0.4 is 5.32 Å². The molecule has 3 heterocycles. The molecule has 1 aromatic carbocycles. The minimum absolute atomic E-state index is 0.0899. The first-order valence-electron chi connectivity index (χ1n) is 8.38. The molecule has 4 rings (SSSR count). The van der Waals surface area contributed by atoms with Crippen molar-refractivity contribution in [3.63, 3.8) is 0 Å². The number of fused-ring (bicyclic) bond motifs is 3. The number of carbonyl (C=O) groups excluding carboxylic acids is 1. The van der Waals surface area contributed by atoms with E-state index in [2.05, 4.69) is 42.3 Å². The zero-order valence-corrected chi connectivity index (χ0v) is 13.2. The molecule has 21 heavy (non-hydrogen) atoms. The summed E-state index contributed by atoms with van der Waals surface area (Å²) in [5.74, 6) is 0.966. The number of amides is 1. The Kier molecular flexibility index (Phi) is 4.29. The second kappa shape index (κ2) is 6.18. The van der Waals surface area contributed by atoms with E-state index in [1.165, 1.54) is 24.0 Å². The Morgan fingerprint density at radius 2 is 1.81 bits per heavy atom. The van der Waals surface area contributed by atoms with Gasteiger partial charge in [0.2, 0.25) is 5.91 Å². The van der Waals surface area contributed by atoms with Crippen molar-refractivity contribution in [3.8, 4) is 0 Å². The van der Waals surface area contributed by atoms with Crippen molar-refractivity contribution in [2.45, 2.75) is 52.0 Å². The van der Waals surface area contributed by atoms with Gasteiger partial charge in [0.05, 0.1) is 6.04 Å². The van der Waals surface area contributed by atoms with Crippen LogP contribution >= 0.6 is 0 Å². The molecular weight excluding hydrogens is 260 g/mol. The number of nitrogens with one attached hydrogen (secondary N) is 1. The van der Waals surface area contributed by atoms with E-state index in [0.29, 0.717) is 0 Å². The number of nitrogens with zero attached hydrogens (tertiary/aromatic N) is 1. The predicted octanol–water partition coefficient (Wildman–Crippen LogP) is 3.23. The predicted molar refractivity (Wildman–Crippen MR) is 86.5 cm³/mol. The summed E-state index contributed by atoms with van der Waals surface area (Å²) >= 11 is 0. The van der Waals surface area contributed by atoms with E-state index in [9.17, 15) is 4.79 Å². The lowest BCUT2D eigenvalue weighted by Gasteiger charge is -2.44. The lowest BCUT2D eigenvalue weighted by molar-refractivity contribution is -0.125. The highest BCUT2D eigenvalue weighted by Crippen LogP contribution is 2.33. The van der Waals surface area contributed by atoms with E-state index in [0.717, 1.165) is 44.0 Å². The zero-order chi connectivity index (χ0) is 14.8. The van der Waals surface area contributed by atoms with Crippen LogP contribution in [0.4, 0.5) is 5.69 Å². The fourth-order valence-corrected chi connectivity index (χ4v) is 3.85. The average molecular weight is 286 g/mol. The summed E-state index contributed by atoms with van der Waals surface area (Å²) < 4.78 is 0. The van der Waals surface area contributed by atoms with E-state index < -0.39 is 0 Å². The molecule has 0 radical (unpaired) electrons.